The lowest BCUT2D eigenvalue weighted by molar-refractivity contribution is 0.0992. The molecule has 0 unspecified atom stereocenters. The summed E-state index contributed by atoms with van der Waals surface area (Å²) in [5.41, 5.74) is 2.81. The third-order valence-corrected chi connectivity index (χ3v) is 5.70. The average Bonchev–Trinajstić information content (AvgIpc) is 3.54. The number of amides is 1. The number of para-hydroxylation sites is 1. The Hall–Kier alpha value is -4.58. The number of carbonyl (C=O) groups excluding carboxylic acids is 1. The van der Waals surface area contributed by atoms with E-state index in [1.807, 2.05) is 54.7 Å². The van der Waals surface area contributed by atoms with E-state index in [0.717, 1.165) is 23.3 Å². The van der Waals surface area contributed by atoms with Crippen molar-refractivity contribution in [3.63, 3.8) is 0 Å². The van der Waals surface area contributed by atoms with E-state index in [9.17, 15) is 4.79 Å². The molecule has 5 aromatic rings. The molecule has 0 spiro atoms. The van der Waals surface area contributed by atoms with Crippen LogP contribution in [0, 0.1) is 0 Å². The van der Waals surface area contributed by atoms with Crippen LogP contribution in [0.2, 0.25) is 0 Å². The Morgan fingerprint density at radius 2 is 1.80 bits per heavy atom. The second-order valence-electron chi connectivity index (χ2n) is 8.17. The lowest BCUT2D eigenvalue weighted by atomic mass is 10.0. The molecule has 0 radical (unpaired) electrons. The number of anilines is 1. The summed E-state index contributed by atoms with van der Waals surface area (Å²) in [5.74, 6) is 1.21. The molecule has 3 aromatic carbocycles. The first kappa shape index (κ1) is 22.2. The summed E-state index contributed by atoms with van der Waals surface area (Å²) in [6, 6.07) is 25.7. The number of carbonyl (C=O) groups is 1. The van der Waals surface area contributed by atoms with Crippen LogP contribution >= 0.6 is 0 Å². The first-order valence-corrected chi connectivity index (χ1v) is 11.4. The van der Waals surface area contributed by atoms with Gasteiger partial charge in [-0.15, -0.1) is 6.58 Å². The number of allylic oxidation sites excluding steroid dienone is 1. The normalized spacial score (nSPS) is 10.9. The molecular formula is C29H25N3O3. The van der Waals surface area contributed by atoms with E-state index in [1.54, 1.807) is 23.0 Å². The van der Waals surface area contributed by atoms with E-state index in [1.165, 1.54) is 10.8 Å². The molecule has 0 atom stereocenters. The summed E-state index contributed by atoms with van der Waals surface area (Å²) >= 11 is 0. The van der Waals surface area contributed by atoms with E-state index < -0.39 is 0 Å². The van der Waals surface area contributed by atoms with Crippen molar-refractivity contribution in [1.29, 1.82) is 0 Å². The second kappa shape index (κ2) is 10.1. The van der Waals surface area contributed by atoms with Crippen molar-refractivity contribution in [1.82, 2.24) is 9.78 Å². The lowest BCUT2D eigenvalue weighted by Gasteiger charge is -2.08. The van der Waals surface area contributed by atoms with Gasteiger partial charge in [0.25, 0.3) is 5.91 Å². The van der Waals surface area contributed by atoms with Gasteiger partial charge in [-0.1, -0.05) is 66.7 Å². The number of nitrogens with one attached hydrogen (secondary N) is 1. The topological polar surface area (TPSA) is 69.3 Å². The molecule has 174 valence electrons. The largest absolute Gasteiger partial charge is 0.485 e. The summed E-state index contributed by atoms with van der Waals surface area (Å²) in [6.45, 7) is 4.61. The zero-order valence-electron chi connectivity index (χ0n) is 19.2. The quantitative estimate of drug-likeness (QED) is 0.263. The third-order valence-electron chi connectivity index (χ3n) is 5.70. The Kier molecular flexibility index (Phi) is 6.44. The summed E-state index contributed by atoms with van der Waals surface area (Å²) in [7, 11) is 0. The van der Waals surface area contributed by atoms with Crippen LogP contribution in [0.1, 0.15) is 27.4 Å². The number of benzene rings is 3. The molecule has 2 heterocycles. The number of hydrogen-bond donors (Lipinski definition) is 1. The Bertz CT molecular complexity index is 1480. The summed E-state index contributed by atoms with van der Waals surface area (Å²) < 4.78 is 13.4. The highest BCUT2D eigenvalue weighted by Crippen LogP contribution is 2.22. The monoisotopic (exact) mass is 463 g/mol. The van der Waals surface area contributed by atoms with E-state index in [-0.39, 0.29) is 18.3 Å². The van der Waals surface area contributed by atoms with Crippen LogP contribution in [0.5, 0.6) is 5.75 Å². The van der Waals surface area contributed by atoms with Crippen LogP contribution in [-0.2, 0) is 19.6 Å². The standard InChI is InChI=1S/C29H25N3O3/c1-2-8-22-10-4-6-14-27(22)34-20-25-15-16-28(35-25)29(33)31-24-17-30-32(19-24)18-23-12-7-11-21-9-3-5-13-26(21)23/h2-7,9-17,19H,1,8,18,20H2,(H,31,33). The van der Waals surface area contributed by atoms with Crippen LogP contribution in [0.15, 0.2) is 108 Å². The molecule has 1 amide bonds. The first-order chi connectivity index (χ1) is 17.2. The fourth-order valence-electron chi connectivity index (χ4n) is 4.01. The molecule has 1 N–H and O–H groups in total. The van der Waals surface area contributed by atoms with E-state index in [0.29, 0.717) is 18.0 Å². The summed E-state index contributed by atoms with van der Waals surface area (Å²) in [5, 5.41) is 9.62. The molecule has 0 aliphatic carbocycles. The molecule has 0 fully saturated rings. The van der Waals surface area contributed by atoms with E-state index in [2.05, 4.69) is 41.3 Å². The maximum atomic E-state index is 12.7. The number of fused-ring (bicyclic) bond motifs is 1. The molecule has 35 heavy (non-hydrogen) atoms. The van der Waals surface area contributed by atoms with Gasteiger partial charge in [0, 0.05) is 6.20 Å². The molecule has 0 saturated heterocycles. The predicted octanol–water partition coefficient (Wildman–Crippen LogP) is 6.24. The van der Waals surface area contributed by atoms with Gasteiger partial charge in [-0.25, -0.2) is 0 Å². The summed E-state index contributed by atoms with van der Waals surface area (Å²) in [4.78, 5) is 12.7. The minimum Gasteiger partial charge on any atom is -0.485 e. The minimum atomic E-state index is -0.340. The van der Waals surface area contributed by atoms with Crippen molar-refractivity contribution in [3.05, 3.63) is 127 Å². The highest BCUT2D eigenvalue weighted by atomic mass is 16.5. The van der Waals surface area contributed by atoms with Crippen LogP contribution in [-0.4, -0.2) is 15.7 Å². The van der Waals surface area contributed by atoms with E-state index >= 15 is 0 Å². The van der Waals surface area contributed by atoms with Gasteiger partial charge in [-0.3, -0.25) is 9.48 Å². The van der Waals surface area contributed by atoms with Gasteiger partial charge in [0.15, 0.2) is 5.76 Å². The maximum Gasteiger partial charge on any atom is 0.291 e. The molecule has 6 heteroatoms. The highest BCUT2D eigenvalue weighted by Gasteiger charge is 2.14. The smallest absolute Gasteiger partial charge is 0.291 e. The van der Waals surface area contributed by atoms with Crippen molar-refractivity contribution >= 4 is 22.4 Å². The molecule has 0 saturated carbocycles. The Morgan fingerprint density at radius 3 is 2.71 bits per heavy atom. The van der Waals surface area contributed by atoms with Gasteiger partial charge in [0.1, 0.15) is 18.1 Å². The molecule has 0 aliphatic rings. The fourth-order valence-corrected chi connectivity index (χ4v) is 4.01. The minimum absolute atomic E-state index is 0.213. The number of ether oxygens (including phenoxy) is 1. The SMILES string of the molecule is C=CCc1ccccc1OCc1ccc(C(=O)Nc2cnn(Cc3cccc4ccccc34)c2)o1. The Labute approximate surface area is 203 Å². The van der Waals surface area contributed by atoms with Gasteiger partial charge in [-0.2, -0.15) is 5.10 Å². The van der Waals surface area contributed by atoms with E-state index in [4.69, 9.17) is 9.15 Å². The van der Waals surface area contributed by atoms with Crippen molar-refractivity contribution in [2.75, 3.05) is 5.32 Å². The Balaban J connectivity index is 1.21. The van der Waals surface area contributed by atoms with Crippen LogP contribution in [0.25, 0.3) is 10.8 Å². The molecule has 2 aromatic heterocycles. The number of furan rings is 1. The van der Waals surface area contributed by atoms with Crippen molar-refractivity contribution in [3.8, 4) is 5.75 Å². The molecule has 5 rings (SSSR count). The van der Waals surface area contributed by atoms with Crippen LogP contribution in [0.4, 0.5) is 5.69 Å². The van der Waals surface area contributed by atoms with Gasteiger partial charge < -0.3 is 14.5 Å². The first-order valence-electron chi connectivity index (χ1n) is 11.4. The van der Waals surface area contributed by atoms with Crippen molar-refractivity contribution < 1.29 is 13.9 Å². The fraction of sp³-hybridized carbons (Fsp3) is 0.103. The summed E-state index contributed by atoms with van der Waals surface area (Å²) in [6.07, 6.45) is 5.99. The van der Waals surface area contributed by atoms with Gasteiger partial charge in [0.2, 0.25) is 0 Å². The van der Waals surface area contributed by atoms with Gasteiger partial charge >= 0.3 is 0 Å². The molecule has 6 nitrogen and oxygen atoms in total. The predicted molar refractivity (Wildman–Crippen MR) is 137 cm³/mol. The molecule has 0 bridgehead atoms. The third kappa shape index (κ3) is 5.17. The van der Waals surface area contributed by atoms with Crippen LogP contribution < -0.4 is 10.1 Å². The number of nitrogens with zero attached hydrogens (tertiary/aromatic N) is 2. The lowest BCUT2D eigenvalue weighted by Crippen LogP contribution is -2.10. The second-order valence-corrected chi connectivity index (χ2v) is 8.17. The molecule has 0 aliphatic heterocycles. The van der Waals surface area contributed by atoms with Crippen LogP contribution in [0.3, 0.4) is 0 Å². The van der Waals surface area contributed by atoms with Gasteiger partial charge in [0.05, 0.1) is 18.4 Å². The number of hydrogen-bond acceptors (Lipinski definition) is 4. The highest BCUT2D eigenvalue weighted by molar-refractivity contribution is 6.02. The maximum absolute atomic E-state index is 12.7. The average molecular weight is 464 g/mol. The number of rotatable bonds is 9. The van der Waals surface area contributed by atoms with Crippen molar-refractivity contribution in [2.45, 2.75) is 19.6 Å². The number of aromatic nitrogens is 2. The van der Waals surface area contributed by atoms with Crippen molar-refractivity contribution in [2.24, 2.45) is 0 Å². The Morgan fingerprint density at radius 1 is 1.00 bits per heavy atom. The zero-order valence-corrected chi connectivity index (χ0v) is 19.2. The zero-order chi connectivity index (χ0) is 24.0. The van der Waals surface area contributed by atoms with Gasteiger partial charge in [-0.05, 0) is 46.5 Å². The molecular weight excluding hydrogens is 438 g/mol.